The Labute approximate surface area is 126 Å². The average molecular weight is 303 g/mol. The smallest absolute Gasteiger partial charge is 0.269 e. The SMILES string of the molecule is Cc1cc([N+](=O)[O-])ccc1OCc1ccc(C#CCO)s1. The number of benzene rings is 1. The molecule has 0 aliphatic carbocycles. The molecule has 2 aromatic rings. The third-order valence-electron chi connectivity index (χ3n) is 2.69. The van der Waals surface area contributed by atoms with Gasteiger partial charge in [-0.3, -0.25) is 10.1 Å². The van der Waals surface area contributed by atoms with Crippen LogP contribution in [0.3, 0.4) is 0 Å². The molecule has 0 aliphatic rings. The Morgan fingerprint density at radius 1 is 1.38 bits per heavy atom. The summed E-state index contributed by atoms with van der Waals surface area (Å²) >= 11 is 1.49. The van der Waals surface area contributed by atoms with E-state index in [1.54, 1.807) is 13.0 Å². The van der Waals surface area contributed by atoms with Gasteiger partial charge in [-0.1, -0.05) is 11.8 Å². The van der Waals surface area contributed by atoms with Crippen LogP contribution >= 0.6 is 11.3 Å². The number of aliphatic hydroxyl groups excluding tert-OH is 1. The molecule has 21 heavy (non-hydrogen) atoms. The van der Waals surface area contributed by atoms with Crippen molar-refractivity contribution in [3.8, 4) is 17.6 Å². The van der Waals surface area contributed by atoms with Crippen LogP contribution in [0.1, 0.15) is 15.3 Å². The summed E-state index contributed by atoms with van der Waals surface area (Å²) in [7, 11) is 0. The largest absolute Gasteiger partial charge is 0.488 e. The normalized spacial score (nSPS) is 9.81. The number of aryl methyl sites for hydroxylation is 1. The van der Waals surface area contributed by atoms with Crippen LogP contribution in [0.4, 0.5) is 5.69 Å². The lowest BCUT2D eigenvalue weighted by atomic mass is 10.2. The van der Waals surface area contributed by atoms with Crippen molar-refractivity contribution in [1.29, 1.82) is 0 Å². The van der Waals surface area contributed by atoms with Crippen molar-refractivity contribution in [2.75, 3.05) is 6.61 Å². The van der Waals surface area contributed by atoms with Crippen molar-refractivity contribution in [2.24, 2.45) is 0 Å². The number of nitro groups is 1. The third kappa shape index (κ3) is 4.05. The van der Waals surface area contributed by atoms with Gasteiger partial charge in [-0.2, -0.15) is 0 Å². The van der Waals surface area contributed by atoms with Gasteiger partial charge in [0.25, 0.3) is 5.69 Å². The fraction of sp³-hybridized carbons (Fsp3) is 0.200. The molecule has 1 aromatic carbocycles. The molecule has 5 nitrogen and oxygen atoms in total. The van der Waals surface area contributed by atoms with E-state index in [9.17, 15) is 10.1 Å². The molecule has 6 heteroatoms. The van der Waals surface area contributed by atoms with Crippen molar-refractivity contribution in [3.63, 3.8) is 0 Å². The zero-order valence-corrected chi connectivity index (χ0v) is 12.1. The number of thiophene rings is 1. The molecule has 0 fully saturated rings. The van der Waals surface area contributed by atoms with Crippen LogP contribution in [-0.2, 0) is 6.61 Å². The van der Waals surface area contributed by atoms with E-state index in [1.165, 1.54) is 23.5 Å². The fourth-order valence-corrected chi connectivity index (χ4v) is 2.50. The number of hydrogen-bond acceptors (Lipinski definition) is 5. The van der Waals surface area contributed by atoms with Crippen molar-refractivity contribution in [1.82, 2.24) is 0 Å². The van der Waals surface area contributed by atoms with Crippen LogP contribution in [-0.4, -0.2) is 16.6 Å². The summed E-state index contributed by atoms with van der Waals surface area (Å²) in [5, 5.41) is 19.3. The van der Waals surface area contributed by atoms with Gasteiger partial charge in [-0.05, 0) is 30.7 Å². The number of ether oxygens (including phenoxy) is 1. The highest BCUT2D eigenvalue weighted by atomic mass is 32.1. The lowest BCUT2D eigenvalue weighted by molar-refractivity contribution is -0.384. The first-order valence-corrected chi connectivity index (χ1v) is 6.98. The van der Waals surface area contributed by atoms with Gasteiger partial charge in [0, 0.05) is 17.0 Å². The molecule has 0 saturated carbocycles. The molecule has 0 unspecified atom stereocenters. The molecule has 0 atom stereocenters. The summed E-state index contributed by atoms with van der Waals surface area (Å²) in [5.41, 5.74) is 0.776. The number of non-ortho nitro benzene ring substituents is 1. The summed E-state index contributed by atoms with van der Waals surface area (Å²) in [5.74, 6) is 6.04. The summed E-state index contributed by atoms with van der Waals surface area (Å²) in [6.45, 7) is 1.99. The average Bonchev–Trinajstić information content (AvgIpc) is 2.91. The second kappa shape index (κ2) is 6.88. The van der Waals surface area contributed by atoms with Gasteiger partial charge in [-0.25, -0.2) is 0 Å². The van der Waals surface area contributed by atoms with Gasteiger partial charge in [0.15, 0.2) is 0 Å². The molecule has 1 N–H and O–H groups in total. The van der Waals surface area contributed by atoms with Crippen LogP contribution in [0.25, 0.3) is 0 Å². The summed E-state index contributed by atoms with van der Waals surface area (Å²) in [4.78, 5) is 12.1. The van der Waals surface area contributed by atoms with Crippen LogP contribution in [0.5, 0.6) is 5.75 Å². The minimum atomic E-state index is -0.428. The van der Waals surface area contributed by atoms with Gasteiger partial charge in [-0.15, -0.1) is 11.3 Å². The number of aliphatic hydroxyl groups is 1. The summed E-state index contributed by atoms with van der Waals surface area (Å²) in [6.07, 6.45) is 0. The third-order valence-corrected chi connectivity index (χ3v) is 3.67. The summed E-state index contributed by atoms with van der Waals surface area (Å²) in [6, 6.07) is 8.30. The van der Waals surface area contributed by atoms with Gasteiger partial charge >= 0.3 is 0 Å². The van der Waals surface area contributed by atoms with E-state index in [2.05, 4.69) is 11.8 Å². The molecular weight excluding hydrogens is 290 g/mol. The van der Waals surface area contributed by atoms with Gasteiger partial charge in [0.1, 0.15) is 19.0 Å². The zero-order valence-electron chi connectivity index (χ0n) is 11.3. The van der Waals surface area contributed by atoms with Crippen molar-refractivity contribution >= 4 is 17.0 Å². The molecule has 0 spiro atoms. The molecule has 108 valence electrons. The van der Waals surface area contributed by atoms with E-state index < -0.39 is 4.92 Å². The Morgan fingerprint density at radius 3 is 2.86 bits per heavy atom. The zero-order chi connectivity index (χ0) is 15.2. The van der Waals surface area contributed by atoms with Gasteiger partial charge in [0.2, 0.25) is 0 Å². The van der Waals surface area contributed by atoms with E-state index >= 15 is 0 Å². The first-order valence-electron chi connectivity index (χ1n) is 6.16. The maximum absolute atomic E-state index is 10.7. The first-order chi connectivity index (χ1) is 10.1. The maximum Gasteiger partial charge on any atom is 0.269 e. The van der Waals surface area contributed by atoms with Crippen molar-refractivity contribution in [2.45, 2.75) is 13.5 Å². The molecule has 0 amide bonds. The van der Waals surface area contributed by atoms with E-state index in [0.717, 1.165) is 15.3 Å². The van der Waals surface area contributed by atoms with Gasteiger partial charge < -0.3 is 9.84 Å². The Hall–Kier alpha value is -2.36. The van der Waals surface area contributed by atoms with Crippen LogP contribution < -0.4 is 4.74 Å². The Kier molecular flexibility index (Phi) is 4.93. The molecule has 1 heterocycles. The Morgan fingerprint density at radius 2 is 2.19 bits per heavy atom. The lowest BCUT2D eigenvalue weighted by Crippen LogP contribution is -1.96. The number of nitrogens with zero attached hydrogens (tertiary/aromatic N) is 1. The molecular formula is C15H13NO4S. The second-order valence-corrected chi connectivity index (χ2v) is 5.39. The number of rotatable bonds is 4. The number of nitro benzene ring substituents is 1. The number of hydrogen-bond donors (Lipinski definition) is 1. The standard InChI is InChI=1S/C15H13NO4S/c1-11-9-12(16(18)19)4-7-15(11)20-10-14-6-5-13(21-14)3-2-8-17/h4-7,9,17H,8,10H2,1H3. The van der Waals surface area contributed by atoms with E-state index in [4.69, 9.17) is 9.84 Å². The highest BCUT2D eigenvalue weighted by Gasteiger charge is 2.09. The predicted molar refractivity (Wildman–Crippen MR) is 80.4 cm³/mol. The molecule has 0 aliphatic heterocycles. The minimum absolute atomic E-state index is 0.0533. The van der Waals surface area contributed by atoms with Gasteiger partial charge in [0.05, 0.1) is 9.80 Å². The monoisotopic (exact) mass is 303 g/mol. The molecule has 0 bridgehead atoms. The maximum atomic E-state index is 10.7. The highest BCUT2D eigenvalue weighted by Crippen LogP contribution is 2.25. The fourth-order valence-electron chi connectivity index (χ4n) is 1.71. The predicted octanol–water partition coefficient (Wildman–Crippen LogP) is 2.89. The molecule has 0 radical (unpaired) electrons. The van der Waals surface area contributed by atoms with Crippen molar-refractivity contribution < 1.29 is 14.8 Å². The molecule has 0 saturated heterocycles. The summed E-state index contributed by atoms with van der Waals surface area (Å²) < 4.78 is 5.67. The van der Waals surface area contributed by atoms with Crippen LogP contribution in [0.2, 0.25) is 0 Å². The van der Waals surface area contributed by atoms with Crippen molar-refractivity contribution in [3.05, 3.63) is 55.8 Å². The minimum Gasteiger partial charge on any atom is -0.488 e. The van der Waals surface area contributed by atoms with E-state index in [0.29, 0.717) is 12.4 Å². The quantitative estimate of drug-likeness (QED) is 0.535. The first kappa shape index (κ1) is 15.0. The van der Waals surface area contributed by atoms with Crippen LogP contribution in [0, 0.1) is 28.9 Å². The molecule has 1 aromatic heterocycles. The van der Waals surface area contributed by atoms with Crippen LogP contribution in [0.15, 0.2) is 30.3 Å². The highest BCUT2D eigenvalue weighted by molar-refractivity contribution is 7.12. The van der Waals surface area contributed by atoms with E-state index in [-0.39, 0.29) is 12.3 Å². The van der Waals surface area contributed by atoms with E-state index in [1.807, 2.05) is 12.1 Å². The topological polar surface area (TPSA) is 72.6 Å². The second-order valence-electron chi connectivity index (χ2n) is 4.22. The molecule has 2 rings (SSSR count). The lowest BCUT2D eigenvalue weighted by Gasteiger charge is -2.07. The Bertz CT molecular complexity index is 712. The Balaban J connectivity index is 2.03.